The minimum atomic E-state index is 1.03. The van der Waals surface area contributed by atoms with Gasteiger partial charge in [-0.3, -0.25) is 0 Å². The van der Waals surface area contributed by atoms with Gasteiger partial charge in [0.05, 0.1) is 0 Å². The Morgan fingerprint density at radius 2 is 2.25 bits per heavy atom. The number of hydrogen-bond acceptors (Lipinski definition) is 0. The number of benzene rings is 1. The molecule has 0 bridgehead atoms. The minimum Gasteiger partial charge on any atom is -0.103 e. The summed E-state index contributed by atoms with van der Waals surface area (Å²) in [6, 6.07) is 6.66. The summed E-state index contributed by atoms with van der Waals surface area (Å²) in [4.78, 5) is 0. The lowest BCUT2D eigenvalue weighted by atomic mass is 10.0. The number of fused-ring (bicyclic) bond motifs is 1. The number of allylic oxidation sites excluding steroid dienone is 1. The average molecular weight is 158 g/mol. The summed E-state index contributed by atoms with van der Waals surface area (Å²) in [5.74, 6) is 0. The van der Waals surface area contributed by atoms with E-state index in [1.54, 1.807) is 11.1 Å². The topological polar surface area (TPSA) is 0 Å². The van der Waals surface area contributed by atoms with Crippen LogP contribution in [0.2, 0.25) is 0 Å². The normalized spacial score (nSPS) is 14.3. The first kappa shape index (κ1) is 7.60. The molecule has 0 fully saturated rings. The third-order valence-corrected chi connectivity index (χ3v) is 2.61. The zero-order valence-corrected chi connectivity index (χ0v) is 7.34. The number of aryl methyl sites for hydroxylation is 1. The molecule has 0 heteroatoms. The molecular weight excluding hydrogens is 144 g/mol. The van der Waals surface area contributed by atoms with E-state index >= 15 is 0 Å². The van der Waals surface area contributed by atoms with Gasteiger partial charge in [-0.25, -0.2) is 0 Å². The maximum atomic E-state index is 3.78. The molecule has 1 aromatic carbocycles. The molecule has 0 saturated heterocycles. The fourth-order valence-corrected chi connectivity index (χ4v) is 2.05. The van der Waals surface area contributed by atoms with Crippen LogP contribution < -0.4 is 0 Å². The average Bonchev–Trinajstić information content (AvgIpc) is 2.53. The van der Waals surface area contributed by atoms with Gasteiger partial charge >= 0.3 is 0 Å². The molecule has 0 amide bonds. The maximum absolute atomic E-state index is 3.78. The lowest BCUT2D eigenvalue weighted by Gasteiger charge is -2.04. The van der Waals surface area contributed by atoms with Crippen LogP contribution in [0.3, 0.4) is 0 Å². The predicted octanol–water partition coefficient (Wildman–Crippen LogP) is 2.90. The van der Waals surface area contributed by atoms with Crippen LogP contribution in [0.5, 0.6) is 0 Å². The molecule has 0 aliphatic heterocycles. The van der Waals surface area contributed by atoms with Gasteiger partial charge in [0.2, 0.25) is 0 Å². The van der Waals surface area contributed by atoms with Gasteiger partial charge < -0.3 is 0 Å². The van der Waals surface area contributed by atoms with Crippen molar-refractivity contribution in [3.05, 3.63) is 47.5 Å². The van der Waals surface area contributed by atoms with E-state index in [1.807, 2.05) is 6.08 Å². The second kappa shape index (κ2) is 3.14. The molecule has 0 heterocycles. The van der Waals surface area contributed by atoms with Crippen LogP contribution in [0.4, 0.5) is 0 Å². The molecule has 0 spiro atoms. The Hall–Kier alpha value is -1.04. The van der Waals surface area contributed by atoms with E-state index in [1.165, 1.54) is 24.8 Å². The van der Waals surface area contributed by atoms with Crippen molar-refractivity contribution < 1.29 is 0 Å². The summed E-state index contributed by atoms with van der Waals surface area (Å²) in [7, 11) is 0. The van der Waals surface area contributed by atoms with Crippen molar-refractivity contribution in [2.75, 3.05) is 0 Å². The zero-order valence-electron chi connectivity index (χ0n) is 7.34. The third-order valence-electron chi connectivity index (χ3n) is 2.61. The molecule has 0 radical (unpaired) electrons. The monoisotopic (exact) mass is 158 g/mol. The standard InChI is InChI=1S/C12H14/c1-2-5-10-6-3-7-11-8-4-9-12(10)11/h2-3,6-7H,1,4-5,8-9H2. The fraction of sp³-hybridized carbons (Fsp3) is 0.333. The first-order valence-electron chi connectivity index (χ1n) is 4.62. The smallest absolute Gasteiger partial charge is 0.00973 e. The Bertz CT molecular complexity index is 297. The van der Waals surface area contributed by atoms with Crippen LogP contribution in [-0.4, -0.2) is 0 Å². The van der Waals surface area contributed by atoms with E-state index in [2.05, 4.69) is 24.8 Å². The van der Waals surface area contributed by atoms with Crippen LogP contribution >= 0.6 is 0 Å². The van der Waals surface area contributed by atoms with Crippen molar-refractivity contribution in [1.82, 2.24) is 0 Å². The van der Waals surface area contributed by atoms with E-state index in [0.717, 1.165) is 6.42 Å². The van der Waals surface area contributed by atoms with Crippen LogP contribution in [0.25, 0.3) is 0 Å². The van der Waals surface area contributed by atoms with Crippen LogP contribution in [0, 0.1) is 0 Å². The summed E-state index contributed by atoms with van der Waals surface area (Å²) < 4.78 is 0. The largest absolute Gasteiger partial charge is 0.103 e. The van der Waals surface area contributed by atoms with E-state index < -0.39 is 0 Å². The second-order valence-electron chi connectivity index (χ2n) is 3.40. The molecule has 0 nitrogen and oxygen atoms in total. The molecule has 0 atom stereocenters. The van der Waals surface area contributed by atoms with Crippen molar-refractivity contribution in [1.29, 1.82) is 0 Å². The summed E-state index contributed by atoms with van der Waals surface area (Å²) in [5.41, 5.74) is 4.65. The Balaban J connectivity index is 2.42. The first-order valence-corrected chi connectivity index (χ1v) is 4.62. The van der Waals surface area contributed by atoms with Crippen molar-refractivity contribution in [3.63, 3.8) is 0 Å². The van der Waals surface area contributed by atoms with E-state index in [0.29, 0.717) is 0 Å². The number of rotatable bonds is 2. The maximum Gasteiger partial charge on any atom is -0.00973 e. The van der Waals surface area contributed by atoms with Crippen molar-refractivity contribution in [3.8, 4) is 0 Å². The van der Waals surface area contributed by atoms with Gasteiger partial charge in [-0.1, -0.05) is 24.3 Å². The summed E-state index contributed by atoms with van der Waals surface area (Å²) in [6.45, 7) is 3.78. The van der Waals surface area contributed by atoms with E-state index in [-0.39, 0.29) is 0 Å². The Labute approximate surface area is 73.9 Å². The molecular formula is C12H14. The molecule has 0 aromatic heterocycles. The molecule has 12 heavy (non-hydrogen) atoms. The lowest BCUT2D eigenvalue weighted by Crippen LogP contribution is -1.90. The highest BCUT2D eigenvalue weighted by Gasteiger charge is 2.12. The first-order chi connectivity index (χ1) is 5.92. The Morgan fingerprint density at radius 1 is 1.33 bits per heavy atom. The Morgan fingerprint density at radius 3 is 3.08 bits per heavy atom. The van der Waals surface area contributed by atoms with Crippen LogP contribution in [0.1, 0.15) is 23.1 Å². The van der Waals surface area contributed by atoms with Gasteiger partial charge in [-0.2, -0.15) is 0 Å². The minimum absolute atomic E-state index is 1.03. The number of hydrogen-bond donors (Lipinski definition) is 0. The molecule has 0 N–H and O–H groups in total. The highest BCUT2D eigenvalue weighted by atomic mass is 14.2. The van der Waals surface area contributed by atoms with Crippen molar-refractivity contribution in [2.45, 2.75) is 25.7 Å². The van der Waals surface area contributed by atoms with Crippen LogP contribution in [0.15, 0.2) is 30.9 Å². The molecule has 1 aliphatic rings. The van der Waals surface area contributed by atoms with Crippen LogP contribution in [-0.2, 0) is 19.3 Å². The fourth-order valence-electron chi connectivity index (χ4n) is 2.05. The third kappa shape index (κ3) is 1.18. The SMILES string of the molecule is C=CCc1cccc2c1CCC2. The van der Waals surface area contributed by atoms with Gasteiger partial charge in [0.1, 0.15) is 0 Å². The second-order valence-corrected chi connectivity index (χ2v) is 3.40. The molecule has 1 aliphatic carbocycles. The molecule has 2 rings (SSSR count). The van der Waals surface area contributed by atoms with Gasteiger partial charge in [-0.15, -0.1) is 6.58 Å². The zero-order chi connectivity index (χ0) is 8.39. The van der Waals surface area contributed by atoms with Gasteiger partial charge in [-0.05, 0) is 42.4 Å². The summed E-state index contributed by atoms with van der Waals surface area (Å²) in [6.07, 6.45) is 6.92. The van der Waals surface area contributed by atoms with E-state index in [4.69, 9.17) is 0 Å². The molecule has 62 valence electrons. The van der Waals surface area contributed by atoms with Gasteiger partial charge in [0, 0.05) is 0 Å². The Kier molecular flexibility index (Phi) is 1.99. The molecule has 1 aromatic rings. The van der Waals surface area contributed by atoms with Gasteiger partial charge in [0.15, 0.2) is 0 Å². The predicted molar refractivity (Wildman–Crippen MR) is 52.4 cm³/mol. The summed E-state index contributed by atoms with van der Waals surface area (Å²) >= 11 is 0. The molecule has 0 saturated carbocycles. The quantitative estimate of drug-likeness (QED) is 0.580. The highest BCUT2D eigenvalue weighted by Crippen LogP contribution is 2.25. The van der Waals surface area contributed by atoms with Crippen molar-refractivity contribution >= 4 is 0 Å². The summed E-state index contributed by atoms with van der Waals surface area (Å²) in [5, 5.41) is 0. The van der Waals surface area contributed by atoms with E-state index in [9.17, 15) is 0 Å². The van der Waals surface area contributed by atoms with Crippen molar-refractivity contribution in [2.24, 2.45) is 0 Å². The molecule has 0 unspecified atom stereocenters. The lowest BCUT2D eigenvalue weighted by molar-refractivity contribution is 0.907. The van der Waals surface area contributed by atoms with Gasteiger partial charge in [0.25, 0.3) is 0 Å². The highest BCUT2D eigenvalue weighted by molar-refractivity contribution is 5.39.